The standard InChI is InChI=1S/C27H37N3O3/c1-5-17-29(18-23(31)20-32-21(3)4)19-25-26(6-2)28-30(22-13-9-7-10-14-22)27(25)33-24-15-11-8-12-16-24/h7-16,21,23,31H,5-6,17-20H2,1-4H3/t23-/m0/s1. The highest BCUT2D eigenvalue weighted by molar-refractivity contribution is 5.43. The topological polar surface area (TPSA) is 59.8 Å². The van der Waals surface area contributed by atoms with Crippen LogP contribution >= 0.6 is 0 Å². The number of benzene rings is 2. The molecule has 1 atom stereocenters. The first-order chi connectivity index (χ1) is 16.0. The Morgan fingerprint density at radius 2 is 1.67 bits per heavy atom. The maximum atomic E-state index is 10.6. The third-order valence-electron chi connectivity index (χ3n) is 5.33. The van der Waals surface area contributed by atoms with Gasteiger partial charge >= 0.3 is 0 Å². The van der Waals surface area contributed by atoms with Gasteiger partial charge in [0.2, 0.25) is 5.88 Å². The van der Waals surface area contributed by atoms with Crippen LogP contribution in [0, 0.1) is 0 Å². The Morgan fingerprint density at radius 1 is 1.00 bits per heavy atom. The molecule has 0 aliphatic heterocycles. The van der Waals surface area contributed by atoms with Crippen LogP contribution in [0.3, 0.4) is 0 Å². The number of aromatic nitrogens is 2. The molecule has 0 saturated heterocycles. The number of aliphatic hydroxyl groups excluding tert-OH is 1. The van der Waals surface area contributed by atoms with Gasteiger partial charge in [-0.15, -0.1) is 0 Å². The number of hydrogen-bond acceptors (Lipinski definition) is 5. The predicted molar refractivity (Wildman–Crippen MR) is 132 cm³/mol. The van der Waals surface area contributed by atoms with Crippen LogP contribution in [-0.4, -0.2) is 51.7 Å². The number of para-hydroxylation sites is 2. The fourth-order valence-corrected chi connectivity index (χ4v) is 3.80. The molecule has 0 bridgehead atoms. The minimum Gasteiger partial charge on any atom is -0.439 e. The molecule has 3 rings (SSSR count). The van der Waals surface area contributed by atoms with Gasteiger partial charge in [-0.05, 0) is 57.5 Å². The van der Waals surface area contributed by atoms with Crippen molar-refractivity contribution in [2.45, 2.75) is 59.3 Å². The molecule has 1 aromatic heterocycles. The summed E-state index contributed by atoms with van der Waals surface area (Å²) in [6.45, 7) is 10.6. The average molecular weight is 452 g/mol. The lowest BCUT2D eigenvalue weighted by Crippen LogP contribution is -2.35. The maximum absolute atomic E-state index is 10.6. The van der Waals surface area contributed by atoms with Gasteiger partial charge in [-0.25, -0.2) is 4.68 Å². The zero-order chi connectivity index (χ0) is 23.6. The van der Waals surface area contributed by atoms with Crippen molar-refractivity contribution in [1.82, 2.24) is 14.7 Å². The molecule has 0 spiro atoms. The van der Waals surface area contributed by atoms with E-state index in [2.05, 4.69) is 18.7 Å². The second-order valence-corrected chi connectivity index (χ2v) is 8.52. The molecule has 6 nitrogen and oxygen atoms in total. The average Bonchev–Trinajstić information content (AvgIpc) is 3.16. The summed E-state index contributed by atoms with van der Waals surface area (Å²) in [5.41, 5.74) is 3.01. The maximum Gasteiger partial charge on any atom is 0.227 e. The number of aliphatic hydroxyl groups is 1. The number of rotatable bonds is 13. The van der Waals surface area contributed by atoms with Gasteiger partial charge in [0.15, 0.2) is 0 Å². The molecule has 0 fully saturated rings. The van der Waals surface area contributed by atoms with E-state index in [0.717, 1.165) is 48.0 Å². The summed E-state index contributed by atoms with van der Waals surface area (Å²) >= 11 is 0. The second-order valence-electron chi connectivity index (χ2n) is 8.52. The summed E-state index contributed by atoms with van der Waals surface area (Å²) < 4.78 is 13.9. The van der Waals surface area contributed by atoms with Gasteiger partial charge < -0.3 is 14.6 Å². The SMILES string of the molecule is CCCN(Cc1c(CC)nn(-c2ccccc2)c1Oc1ccccc1)C[C@H](O)COC(C)C. The van der Waals surface area contributed by atoms with E-state index in [0.29, 0.717) is 19.7 Å². The van der Waals surface area contributed by atoms with E-state index in [9.17, 15) is 5.11 Å². The monoisotopic (exact) mass is 451 g/mol. The van der Waals surface area contributed by atoms with E-state index >= 15 is 0 Å². The quantitative estimate of drug-likeness (QED) is 0.386. The zero-order valence-corrected chi connectivity index (χ0v) is 20.3. The first-order valence-corrected chi connectivity index (χ1v) is 11.9. The van der Waals surface area contributed by atoms with Crippen molar-refractivity contribution in [3.05, 3.63) is 71.9 Å². The normalized spacial score (nSPS) is 12.5. The summed E-state index contributed by atoms with van der Waals surface area (Å²) in [4.78, 5) is 2.26. The molecule has 0 radical (unpaired) electrons. The summed E-state index contributed by atoms with van der Waals surface area (Å²) in [6.07, 6.45) is 1.33. The van der Waals surface area contributed by atoms with E-state index in [-0.39, 0.29) is 6.10 Å². The zero-order valence-electron chi connectivity index (χ0n) is 20.3. The van der Waals surface area contributed by atoms with Crippen molar-refractivity contribution >= 4 is 0 Å². The lowest BCUT2D eigenvalue weighted by molar-refractivity contribution is -0.00957. The van der Waals surface area contributed by atoms with Gasteiger partial charge in [0.25, 0.3) is 0 Å². The first kappa shape index (κ1) is 25.0. The molecule has 0 unspecified atom stereocenters. The Hall–Kier alpha value is -2.67. The molecule has 6 heteroatoms. The van der Waals surface area contributed by atoms with Crippen LogP contribution in [0.1, 0.15) is 45.4 Å². The third-order valence-corrected chi connectivity index (χ3v) is 5.33. The molecule has 3 aromatic rings. The highest BCUT2D eigenvalue weighted by Gasteiger charge is 2.23. The van der Waals surface area contributed by atoms with Crippen molar-refractivity contribution in [2.75, 3.05) is 19.7 Å². The summed E-state index contributed by atoms with van der Waals surface area (Å²) in [7, 11) is 0. The first-order valence-electron chi connectivity index (χ1n) is 11.9. The van der Waals surface area contributed by atoms with E-state index in [4.69, 9.17) is 14.6 Å². The van der Waals surface area contributed by atoms with Crippen molar-refractivity contribution in [1.29, 1.82) is 0 Å². The number of aryl methyl sites for hydroxylation is 1. The third kappa shape index (κ3) is 7.16. The molecule has 33 heavy (non-hydrogen) atoms. The van der Waals surface area contributed by atoms with E-state index in [1.54, 1.807) is 0 Å². The Labute approximate surface area is 197 Å². The summed E-state index contributed by atoms with van der Waals surface area (Å²) in [5.74, 6) is 1.49. The Kier molecular flexibility index (Phi) is 9.48. The van der Waals surface area contributed by atoms with Crippen LogP contribution in [0.25, 0.3) is 5.69 Å². The molecule has 178 valence electrons. The Morgan fingerprint density at radius 3 is 2.27 bits per heavy atom. The number of nitrogens with zero attached hydrogens (tertiary/aromatic N) is 3. The highest BCUT2D eigenvalue weighted by atomic mass is 16.5. The van der Waals surface area contributed by atoms with E-state index in [1.165, 1.54) is 0 Å². The molecule has 0 aliphatic rings. The van der Waals surface area contributed by atoms with Crippen molar-refractivity contribution < 1.29 is 14.6 Å². The van der Waals surface area contributed by atoms with E-state index in [1.807, 2.05) is 79.2 Å². The van der Waals surface area contributed by atoms with Crippen LogP contribution in [0.5, 0.6) is 11.6 Å². The van der Waals surface area contributed by atoms with Crippen LogP contribution < -0.4 is 4.74 Å². The fourth-order valence-electron chi connectivity index (χ4n) is 3.80. The molecule has 0 amide bonds. The number of hydrogen-bond donors (Lipinski definition) is 1. The van der Waals surface area contributed by atoms with Crippen LogP contribution in [0.4, 0.5) is 0 Å². The van der Waals surface area contributed by atoms with Gasteiger partial charge in [-0.2, -0.15) is 5.10 Å². The molecular formula is C27H37N3O3. The second kappa shape index (κ2) is 12.5. The van der Waals surface area contributed by atoms with Gasteiger partial charge in [-0.3, -0.25) is 4.90 Å². The van der Waals surface area contributed by atoms with Crippen LogP contribution in [0.15, 0.2) is 60.7 Å². The van der Waals surface area contributed by atoms with Crippen molar-refractivity contribution in [2.24, 2.45) is 0 Å². The van der Waals surface area contributed by atoms with Gasteiger partial charge in [0.1, 0.15) is 5.75 Å². The fraction of sp³-hybridized carbons (Fsp3) is 0.444. The molecule has 1 N–H and O–H groups in total. The summed E-state index contributed by atoms with van der Waals surface area (Å²) in [6, 6.07) is 19.9. The minimum atomic E-state index is -0.549. The predicted octanol–water partition coefficient (Wildman–Crippen LogP) is 5.22. The van der Waals surface area contributed by atoms with Crippen LogP contribution in [-0.2, 0) is 17.7 Å². The molecule has 0 saturated carbocycles. The lowest BCUT2D eigenvalue weighted by Gasteiger charge is -2.25. The molecular weight excluding hydrogens is 414 g/mol. The molecule has 1 heterocycles. The van der Waals surface area contributed by atoms with Crippen LogP contribution in [0.2, 0.25) is 0 Å². The summed E-state index contributed by atoms with van der Waals surface area (Å²) in [5, 5.41) is 15.5. The highest BCUT2D eigenvalue weighted by Crippen LogP contribution is 2.32. The molecule has 2 aromatic carbocycles. The van der Waals surface area contributed by atoms with E-state index < -0.39 is 6.10 Å². The molecule has 0 aliphatic carbocycles. The van der Waals surface area contributed by atoms with Gasteiger partial charge in [-0.1, -0.05) is 50.2 Å². The smallest absolute Gasteiger partial charge is 0.227 e. The van der Waals surface area contributed by atoms with Gasteiger partial charge in [0, 0.05) is 13.1 Å². The lowest BCUT2D eigenvalue weighted by atomic mass is 10.1. The Balaban J connectivity index is 1.95. The van der Waals surface area contributed by atoms with Crippen molar-refractivity contribution in [3.8, 4) is 17.3 Å². The van der Waals surface area contributed by atoms with Gasteiger partial charge in [0.05, 0.1) is 35.8 Å². The number of ether oxygens (including phenoxy) is 2. The Bertz CT molecular complexity index is 958. The minimum absolute atomic E-state index is 0.0981. The largest absolute Gasteiger partial charge is 0.439 e. The van der Waals surface area contributed by atoms with Crippen molar-refractivity contribution in [3.63, 3.8) is 0 Å².